The zero-order chi connectivity index (χ0) is 25.8. The van der Waals surface area contributed by atoms with Gasteiger partial charge in [0.25, 0.3) is 5.91 Å². The lowest BCUT2D eigenvalue weighted by Gasteiger charge is -2.22. The highest BCUT2D eigenvalue weighted by atomic mass is 32.1. The predicted molar refractivity (Wildman–Crippen MR) is 129 cm³/mol. The second-order valence-corrected chi connectivity index (χ2v) is 9.55. The van der Waals surface area contributed by atoms with Crippen molar-refractivity contribution >= 4 is 23.2 Å². The fourth-order valence-electron chi connectivity index (χ4n) is 3.54. The number of carbonyl (C=O) groups excluding carboxylic acids is 1. The molecule has 1 unspecified atom stereocenters. The zero-order valence-corrected chi connectivity index (χ0v) is 20.3. The lowest BCUT2D eigenvalue weighted by atomic mass is 9.99. The van der Waals surface area contributed by atoms with Crippen molar-refractivity contribution in [1.29, 1.82) is 0 Å². The molecule has 0 aliphatic carbocycles. The molecule has 0 radical (unpaired) electrons. The zero-order valence-electron chi connectivity index (χ0n) is 19.5. The first-order chi connectivity index (χ1) is 16.5. The van der Waals surface area contributed by atoms with Crippen LogP contribution < -0.4 is 10.1 Å². The van der Waals surface area contributed by atoms with Gasteiger partial charge in [0.1, 0.15) is 11.9 Å². The van der Waals surface area contributed by atoms with Gasteiger partial charge in [-0.3, -0.25) is 9.59 Å². The minimum atomic E-state index is -4.38. The molecule has 2 aromatic carbocycles. The van der Waals surface area contributed by atoms with Crippen molar-refractivity contribution in [2.45, 2.75) is 39.5 Å². The van der Waals surface area contributed by atoms with Crippen LogP contribution in [-0.2, 0) is 11.0 Å². The van der Waals surface area contributed by atoms with E-state index in [4.69, 9.17) is 9.84 Å². The van der Waals surface area contributed by atoms with Crippen molar-refractivity contribution in [1.82, 2.24) is 5.32 Å². The number of rotatable bonds is 9. The van der Waals surface area contributed by atoms with E-state index in [0.29, 0.717) is 16.2 Å². The number of carboxylic acids is 1. The second-order valence-electron chi connectivity index (χ2n) is 8.44. The molecule has 1 aromatic heterocycles. The summed E-state index contributed by atoms with van der Waals surface area (Å²) in [5.41, 5.74) is 1.65. The summed E-state index contributed by atoms with van der Waals surface area (Å²) in [6.07, 6.45) is -4.85. The van der Waals surface area contributed by atoms with E-state index in [-0.39, 0.29) is 30.9 Å². The van der Waals surface area contributed by atoms with Gasteiger partial charge >= 0.3 is 12.1 Å². The summed E-state index contributed by atoms with van der Waals surface area (Å²) >= 11 is 1.29. The Morgan fingerprint density at radius 2 is 1.74 bits per heavy atom. The standard InChI is InChI=1S/C26H26F3NO4S/c1-15(2)24(21-10-11-22(35-21)25(33)30-13-12-23(31)32)34-19-8-9-20(16(3)14-19)17-4-6-18(7-5-17)26(27,28)29/h4-11,14-15,24H,12-13H2,1-3H3,(H,30,33)(H,31,32). The van der Waals surface area contributed by atoms with Gasteiger partial charge in [0.05, 0.1) is 16.9 Å². The topological polar surface area (TPSA) is 75.6 Å². The van der Waals surface area contributed by atoms with Crippen molar-refractivity contribution in [3.05, 3.63) is 75.5 Å². The number of aryl methyl sites for hydroxylation is 1. The molecular formula is C26H26F3NO4S. The van der Waals surface area contributed by atoms with E-state index in [9.17, 15) is 22.8 Å². The van der Waals surface area contributed by atoms with Gasteiger partial charge in [-0.05, 0) is 65.9 Å². The normalized spacial score (nSPS) is 12.4. The number of hydrogen-bond donors (Lipinski definition) is 2. The van der Waals surface area contributed by atoms with E-state index in [1.165, 1.54) is 23.5 Å². The highest BCUT2D eigenvalue weighted by Crippen LogP contribution is 2.36. The van der Waals surface area contributed by atoms with Crippen LogP contribution in [0.4, 0.5) is 13.2 Å². The molecule has 3 rings (SSSR count). The number of carboxylic acid groups (broad SMARTS) is 1. The third kappa shape index (κ3) is 6.85. The maximum Gasteiger partial charge on any atom is 0.416 e. The van der Waals surface area contributed by atoms with E-state index in [1.807, 2.05) is 39.0 Å². The van der Waals surface area contributed by atoms with Crippen LogP contribution >= 0.6 is 11.3 Å². The Morgan fingerprint density at radius 1 is 1.06 bits per heavy atom. The van der Waals surface area contributed by atoms with Crippen LogP contribution in [0.25, 0.3) is 11.1 Å². The smallest absolute Gasteiger partial charge is 0.416 e. The Hall–Kier alpha value is -3.33. The average molecular weight is 506 g/mol. The van der Waals surface area contributed by atoms with Crippen molar-refractivity contribution in [2.24, 2.45) is 5.92 Å². The number of nitrogens with one attached hydrogen (secondary N) is 1. The maximum atomic E-state index is 12.9. The molecule has 0 saturated carbocycles. The fourth-order valence-corrected chi connectivity index (χ4v) is 4.67. The molecule has 35 heavy (non-hydrogen) atoms. The third-order valence-corrected chi connectivity index (χ3v) is 6.49. The third-order valence-electron chi connectivity index (χ3n) is 5.35. The quantitative estimate of drug-likeness (QED) is 0.338. The summed E-state index contributed by atoms with van der Waals surface area (Å²) in [6.45, 7) is 5.92. The van der Waals surface area contributed by atoms with Crippen LogP contribution in [0.3, 0.4) is 0 Å². The number of hydrogen-bond acceptors (Lipinski definition) is 4. The van der Waals surface area contributed by atoms with Crippen LogP contribution in [0.15, 0.2) is 54.6 Å². The van der Waals surface area contributed by atoms with Crippen molar-refractivity contribution in [3.8, 4) is 16.9 Å². The van der Waals surface area contributed by atoms with E-state index in [1.54, 1.807) is 12.1 Å². The summed E-state index contributed by atoms with van der Waals surface area (Å²) in [6, 6.07) is 14.0. The second kappa shape index (κ2) is 10.9. The van der Waals surface area contributed by atoms with Gasteiger partial charge in [0.2, 0.25) is 0 Å². The molecule has 9 heteroatoms. The molecule has 0 fully saturated rings. The van der Waals surface area contributed by atoms with Crippen LogP contribution in [0.1, 0.15) is 52.0 Å². The van der Waals surface area contributed by atoms with Gasteiger partial charge in [-0.1, -0.05) is 32.0 Å². The van der Waals surface area contributed by atoms with Crippen molar-refractivity contribution in [2.75, 3.05) is 6.54 Å². The molecular weight excluding hydrogens is 479 g/mol. The summed E-state index contributed by atoms with van der Waals surface area (Å²) in [7, 11) is 0. The number of ether oxygens (including phenoxy) is 1. The lowest BCUT2D eigenvalue weighted by Crippen LogP contribution is -2.25. The number of amides is 1. The van der Waals surface area contributed by atoms with E-state index < -0.39 is 17.7 Å². The number of alkyl halides is 3. The molecule has 1 heterocycles. The number of aliphatic carboxylic acids is 1. The van der Waals surface area contributed by atoms with Crippen LogP contribution in [0, 0.1) is 12.8 Å². The molecule has 186 valence electrons. The molecule has 0 saturated heterocycles. The Balaban J connectivity index is 1.74. The molecule has 1 atom stereocenters. The van der Waals surface area contributed by atoms with E-state index in [2.05, 4.69) is 5.32 Å². The molecule has 0 bridgehead atoms. The Labute approximate surface area is 205 Å². The predicted octanol–water partition coefficient (Wildman–Crippen LogP) is 6.72. The maximum absolute atomic E-state index is 12.9. The van der Waals surface area contributed by atoms with Crippen molar-refractivity contribution < 1.29 is 32.6 Å². The van der Waals surface area contributed by atoms with Gasteiger partial charge in [-0.25, -0.2) is 0 Å². The van der Waals surface area contributed by atoms with Gasteiger partial charge in [-0.2, -0.15) is 13.2 Å². The molecule has 3 aromatic rings. The van der Waals surface area contributed by atoms with Crippen LogP contribution in [-0.4, -0.2) is 23.5 Å². The van der Waals surface area contributed by atoms with Gasteiger partial charge in [0, 0.05) is 11.4 Å². The van der Waals surface area contributed by atoms with Gasteiger partial charge in [-0.15, -0.1) is 11.3 Å². The number of carbonyl (C=O) groups is 2. The SMILES string of the molecule is Cc1cc(OC(c2ccc(C(=O)NCCC(=O)O)s2)C(C)C)ccc1-c1ccc(C(F)(F)F)cc1. The number of halogens is 3. The summed E-state index contributed by atoms with van der Waals surface area (Å²) in [4.78, 5) is 24.2. The average Bonchev–Trinajstić information content (AvgIpc) is 3.26. The molecule has 0 aliphatic rings. The minimum absolute atomic E-state index is 0.0517. The van der Waals surface area contributed by atoms with E-state index >= 15 is 0 Å². The highest BCUT2D eigenvalue weighted by molar-refractivity contribution is 7.14. The first kappa shape index (κ1) is 26.3. The molecule has 5 nitrogen and oxygen atoms in total. The van der Waals surface area contributed by atoms with Crippen LogP contribution in [0.2, 0.25) is 0 Å². The first-order valence-electron chi connectivity index (χ1n) is 11.0. The largest absolute Gasteiger partial charge is 0.485 e. The fraction of sp³-hybridized carbons (Fsp3) is 0.308. The molecule has 1 amide bonds. The van der Waals surface area contributed by atoms with Crippen LogP contribution in [0.5, 0.6) is 5.75 Å². The highest BCUT2D eigenvalue weighted by Gasteiger charge is 2.30. The first-order valence-corrected chi connectivity index (χ1v) is 11.8. The summed E-state index contributed by atoms with van der Waals surface area (Å²) in [5.74, 6) is -0.615. The Bertz CT molecular complexity index is 1190. The molecule has 0 aliphatic heterocycles. The Morgan fingerprint density at radius 3 is 2.31 bits per heavy atom. The number of benzene rings is 2. The summed E-state index contributed by atoms with van der Waals surface area (Å²) < 4.78 is 44.8. The van der Waals surface area contributed by atoms with Gasteiger partial charge in [0.15, 0.2) is 0 Å². The lowest BCUT2D eigenvalue weighted by molar-refractivity contribution is -0.138. The van der Waals surface area contributed by atoms with Gasteiger partial charge < -0.3 is 15.2 Å². The molecule has 0 spiro atoms. The Kier molecular flexibility index (Phi) is 8.22. The summed E-state index contributed by atoms with van der Waals surface area (Å²) in [5, 5.41) is 11.3. The number of thiophene rings is 1. The monoisotopic (exact) mass is 505 g/mol. The minimum Gasteiger partial charge on any atom is -0.485 e. The van der Waals surface area contributed by atoms with Crippen molar-refractivity contribution in [3.63, 3.8) is 0 Å². The molecule has 2 N–H and O–H groups in total. The van der Waals surface area contributed by atoms with E-state index in [0.717, 1.165) is 28.1 Å².